The Hall–Kier alpha value is -1.70. The van der Waals surface area contributed by atoms with Gasteiger partial charge in [0, 0.05) is 12.1 Å². The van der Waals surface area contributed by atoms with Crippen LogP contribution in [0.3, 0.4) is 0 Å². The average molecular weight is 200 g/mol. The van der Waals surface area contributed by atoms with Crippen molar-refractivity contribution in [3.05, 3.63) is 46.0 Å². The zero-order valence-corrected chi connectivity index (χ0v) is 8.78. The molecule has 0 bridgehead atoms. The van der Waals surface area contributed by atoms with Crippen LogP contribution in [0.5, 0.6) is 0 Å². The number of hydrogen-bond acceptors (Lipinski definition) is 2. The van der Waals surface area contributed by atoms with Gasteiger partial charge < -0.3 is 9.47 Å². The Kier molecular flexibility index (Phi) is 1.66. The Morgan fingerprint density at radius 2 is 1.93 bits per heavy atom. The first-order valence-corrected chi connectivity index (χ1v) is 5.11. The minimum absolute atomic E-state index is 0.191. The standard InChI is InChI=1S/C13H12O2/c1-8-12-7-10-5-3-4-6-11(10)13(12)15-9(2)14-8/h3-7,9H,1-2H3. The van der Waals surface area contributed by atoms with E-state index in [1.54, 1.807) is 0 Å². The first kappa shape index (κ1) is 8.60. The van der Waals surface area contributed by atoms with E-state index in [0.717, 1.165) is 17.1 Å². The van der Waals surface area contributed by atoms with Gasteiger partial charge in [-0.15, -0.1) is 0 Å². The summed E-state index contributed by atoms with van der Waals surface area (Å²) in [5.41, 5.74) is 1.08. The highest BCUT2D eigenvalue weighted by molar-refractivity contribution is 5.79. The van der Waals surface area contributed by atoms with Crippen molar-refractivity contribution in [2.45, 2.75) is 20.1 Å². The lowest BCUT2D eigenvalue weighted by Crippen LogP contribution is -2.25. The van der Waals surface area contributed by atoms with Gasteiger partial charge in [-0.25, -0.2) is 0 Å². The van der Waals surface area contributed by atoms with E-state index < -0.39 is 0 Å². The minimum Gasteiger partial charge on any atom is -0.459 e. The van der Waals surface area contributed by atoms with Crippen molar-refractivity contribution in [2.75, 3.05) is 0 Å². The fourth-order valence-corrected chi connectivity index (χ4v) is 2.09. The quantitative estimate of drug-likeness (QED) is 0.627. The van der Waals surface area contributed by atoms with Crippen LogP contribution in [0.25, 0.3) is 11.8 Å². The van der Waals surface area contributed by atoms with Crippen molar-refractivity contribution in [3.63, 3.8) is 0 Å². The Morgan fingerprint density at radius 1 is 1.13 bits per heavy atom. The number of hydrogen-bond donors (Lipinski definition) is 0. The molecule has 1 aromatic carbocycles. The molecule has 0 spiro atoms. The van der Waals surface area contributed by atoms with Crippen LogP contribution in [0.4, 0.5) is 0 Å². The van der Waals surface area contributed by atoms with Gasteiger partial charge in [0.1, 0.15) is 11.5 Å². The molecule has 1 aliphatic carbocycles. The summed E-state index contributed by atoms with van der Waals surface area (Å²) in [5, 5.41) is 2.38. The van der Waals surface area contributed by atoms with Gasteiger partial charge >= 0.3 is 0 Å². The van der Waals surface area contributed by atoms with Crippen molar-refractivity contribution >= 4 is 11.8 Å². The molecule has 1 atom stereocenters. The summed E-state index contributed by atoms with van der Waals surface area (Å²) < 4.78 is 11.2. The molecule has 1 heterocycles. The molecule has 2 heteroatoms. The molecule has 0 aromatic heterocycles. The second kappa shape index (κ2) is 2.89. The lowest BCUT2D eigenvalue weighted by molar-refractivity contribution is -0.0600. The monoisotopic (exact) mass is 200 g/mol. The summed E-state index contributed by atoms with van der Waals surface area (Å²) in [4.78, 5) is 0. The normalized spacial score (nSPS) is 22.5. The molecule has 0 fully saturated rings. The molecule has 76 valence electrons. The lowest BCUT2D eigenvalue weighted by atomic mass is 10.2. The zero-order valence-electron chi connectivity index (χ0n) is 8.78. The predicted octanol–water partition coefficient (Wildman–Crippen LogP) is 1.26. The number of benzene rings is 1. The first-order valence-electron chi connectivity index (χ1n) is 5.11. The summed E-state index contributed by atoms with van der Waals surface area (Å²) in [6, 6.07) is 8.24. The molecule has 0 saturated carbocycles. The highest BCUT2D eigenvalue weighted by Gasteiger charge is 2.24. The molecule has 0 radical (unpaired) electrons. The SMILES string of the molecule is CC1=C2C=c3ccccc3=C2OC(C)O1. The maximum atomic E-state index is 5.71. The van der Waals surface area contributed by atoms with E-state index in [4.69, 9.17) is 9.47 Å². The van der Waals surface area contributed by atoms with Crippen LogP contribution in [0.1, 0.15) is 13.8 Å². The molecular weight excluding hydrogens is 188 g/mol. The van der Waals surface area contributed by atoms with Gasteiger partial charge in [-0.05, 0) is 18.2 Å². The zero-order chi connectivity index (χ0) is 10.4. The highest BCUT2D eigenvalue weighted by atomic mass is 16.7. The molecule has 1 aromatic rings. The summed E-state index contributed by atoms with van der Waals surface area (Å²) in [6.07, 6.45) is 1.93. The van der Waals surface area contributed by atoms with E-state index in [9.17, 15) is 0 Å². The highest BCUT2D eigenvalue weighted by Crippen LogP contribution is 2.28. The van der Waals surface area contributed by atoms with Gasteiger partial charge in [-0.2, -0.15) is 0 Å². The van der Waals surface area contributed by atoms with E-state index in [2.05, 4.69) is 18.2 Å². The summed E-state index contributed by atoms with van der Waals surface area (Å²) >= 11 is 0. The average Bonchev–Trinajstić information content (AvgIpc) is 2.57. The van der Waals surface area contributed by atoms with Crippen molar-refractivity contribution in [2.24, 2.45) is 0 Å². The number of ether oxygens (including phenoxy) is 2. The Morgan fingerprint density at radius 3 is 2.80 bits per heavy atom. The molecule has 15 heavy (non-hydrogen) atoms. The van der Waals surface area contributed by atoms with E-state index >= 15 is 0 Å². The smallest absolute Gasteiger partial charge is 0.237 e. The van der Waals surface area contributed by atoms with Crippen LogP contribution in [-0.4, -0.2) is 6.29 Å². The van der Waals surface area contributed by atoms with Crippen LogP contribution in [0, 0.1) is 0 Å². The lowest BCUT2D eigenvalue weighted by Gasteiger charge is -2.25. The van der Waals surface area contributed by atoms with Gasteiger partial charge in [-0.1, -0.05) is 24.3 Å². The molecule has 2 nitrogen and oxygen atoms in total. The van der Waals surface area contributed by atoms with Crippen LogP contribution in [-0.2, 0) is 9.47 Å². The molecule has 0 saturated heterocycles. The van der Waals surface area contributed by atoms with Crippen LogP contribution >= 0.6 is 0 Å². The van der Waals surface area contributed by atoms with Gasteiger partial charge in [0.25, 0.3) is 0 Å². The first-order chi connectivity index (χ1) is 7.25. The molecule has 0 N–H and O–H groups in total. The van der Waals surface area contributed by atoms with Crippen LogP contribution in [0.15, 0.2) is 35.6 Å². The van der Waals surface area contributed by atoms with Crippen LogP contribution < -0.4 is 10.4 Å². The molecule has 1 aliphatic heterocycles. The Labute approximate surface area is 88.1 Å². The molecule has 3 rings (SSSR count). The summed E-state index contributed by atoms with van der Waals surface area (Å²) in [5.74, 6) is 1.90. The van der Waals surface area contributed by atoms with E-state index in [-0.39, 0.29) is 6.29 Å². The fraction of sp³-hybridized carbons (Fsp3) is 0.231. The topological polar surface area (TPSA) is 18.5 Å². The third-order valence-electron chi connectivity index (χ3n) is 2.76. The third kappa shape index (κ3) is 1.18. The molecule has 0 amide bonds. The molecule has 1 unspecified atom stereocenters. The molecular formula is C13H12O2. The minimum atomic E-state index is -0.191. The second-order valence-corrected chi connectivity index (χ2v) is 3.83. The number of fused-ring (bicyclic) bond motifs is 2. The summed E-state index contributed by atoms with van der Waals surface area (Å²) in [7, 11) is 0. The summed E-state index contributed by atoms with van der Waals surface area (Å²) in [6.45, 7) is 3.89. The van der Waals surface area contributed by atoms with Crippen LogP contribution in [0.2, 0.25) is 0 Å². The number of rotatable bonds is 0. The molecule has 2 aliphatic rings. The van der Waals surface area contributed by atoms with E-state index in [1.807, 2.05) is 26.0 Å². The fourth-order valence-electron chi connectivity index (χ4n) is 2.09. The van der Waals surface area contributed by atoms with Gasteiger partial charge in [-0.3, -0.25) is 0 Å². The Bertz CT molecular complexity index is 566. The van der Waals surface area contributed by atoms with Crippen molar-refractivity contribution < 1.29 is 9.47 Å². The second-order valence-electron chi connectivity index (χ2n) is 3.83. The predicted molar refractivity (Wildman–Crippen MR) is 57.9 cm³/mol. The maximum Gasteiger partial charge on any atom is 0.237 e. The van der Waals surface area contributed by atoms with Crippen molar-refractivity contribution in [1.82, 2.24) is 0 Å². The largest absolute Gasteiger partial charge is 0.459 e. The maximum absolute atomic E-state index is 5.71. The van der Waals surface area contributed by atoms with Crippen molar-refractivity contribution in [1.29, 1.82) is 0 Å². The van der Waals surface area contributed by atoms with Gasteiger partial charge in [0.15, 0.2) is 0 Å². The third-order valence-corrected chi connectivity index (χ3v) is 2.76. The van der Waals surface area contributed by atoms with E-state index in [0.29, 0.717) is 0 Å². The van der Waals surface area contributed by atoms with E-state index in [1.165, 1.54) is 10.4 Å². The van der Waals surface area contributed by atoms with Gasteiger partial charge in [0.2, 0.25) is 6.29 Å². The van der Waals surface area contributed by atoms with Crippen molar-refractivity contribution in [3.8, 4) is 0 Å². The van der Waals surface area contributed by atoms with Gasteiger partial charge in [0.05, 0.1) is 5.57 Å². The number of allylic oxidation sites excluding steroid dienone is 1. The Balaban J connectivity index is 2.37.